The average molecular weight is 412 g/mol. The molecular formula is C22H33N7O. The first-order valence-corrected chi connectivity index (χ1v) is 10.8. The Hall–Kier alpha value is -2.87. The fourth-order valence-corrected chi connectivity index (χ4v) is 3.70. The van der Waals surface area contributed by atoms with Crippen LogP contribution in [-0.2, 0) is 0 Å². The van der Waals surface area contributed by atoms with E-state index in [1.54, 1.807) is 6.20 Å². The highest BCUT2D eigenvalue weighted by molar-refractivity contribution is 5.96. The Bertz CT molecular complexity index is 819. The molecule has 0 aliphatic carbocycles. The Morgan fingerprint density at radius 2 is 1.90 bits per heavy atom. The fourth-order valence-electron chi connectivity index (χ4n) is 3.70. The number of primary amides is 1. The maximum atomic E-state index is 11.9. The van der Waals surface area contributed by atoms with Gasteiger partial charge in [-0.2, -0.15) is 0 Å². The summed E-state index contributed by atoms with van der Waals surface area (Å²) >= 11 is 0. The molecule has 1 saturated heterocycles. The van der Waals surface area contributed by atoms with Crippen molar-refractivity contribution in [3.05, 3.63) is 36.2 Å². The summed E-state index contributed by atoms with van der Waals surface area (Å²) in [6.45, 7) is 6.98. The van der Waals surface area contributed by atoms with E-state index in [-0.39, 0.29) is 5.69 Å². The zero-order valence-corrected chi connectivity index (χ0v) is 18.0. The van der Waals surface area contributed by atoms with Crippen LogP contribution in [0.3, 0.4) is 0 Å². The molecule has 8 nitrogen and oxygen atoms in total. The third-order valence-electron chi connectivity index (χ3n) is 5.29. The monoisotopic (exact) mass is 411 g/mol. The molecule has 162 valence electrons. The number of nitrogens with two attached hydrogens (primary N) is 1. The number of aromatic nitrogens is 2. The van der Waals surface area contributed by atoms with Gasteiger partial charge in [0.05, 0.1) is 6.20 Å². The molecule has 0 unspecified atom stereocenters. The van der Waals surface area contributed by atoms with Crippen molar-refractivity contribution in [2.75, 3.05) is 54.9 Å². The minimum Gasteiger partial charge on any atom is -0.370 e. The molecule has 1 fully saturated rings. The summed E-state index contributed by atoms with van der Waals surface area (Å²) < 4.78 is 0. The summed E-state index contributed by atoms with van der Waals surface area (Å²) in [4.78, 5) is 25.4. The van der Waals surface area contributed by atoms with Gasteiger partial charge in [-0.3, -0.25) is 4.79 Å². The number of carbonyl (C=O) groups is 1. The zero-order chi connectivity index (χ0) is 21.3. The molecule has 1 aromatic carbocycles. The van der Waals surface area contributed by atoms with E-state index in [4.69, 9.17) is 5.73 Å². The van der Waals surface area contributed by atoms with Crippen molar-refractivity contribution < 1.29 is 4.79 Å². The summed E-state index contributed by atoms with van der Waals surface area (Å²) in [5.74, 6) is 0.590. The van der Waals surface area contributed by atoms with Crippen molar-refractivity contribution in [1.29, 1.82) is 0 Å². The third kappa shape index (κ3) is 5.60. The second-order valence-electron chi connectivity index (χ2n) is 7.60. The van der Waals surface area contributed by atoms with Gasteiger partial charge >= 0.3 is 0 Å². The number of carbonyl (C=O) groups excluding carboxylic acids is 1. The largest absolute Gasteiger partial charge is 0.370 e. The van der Waals surface area contributed by atoms with Crippen LogP contribution < -0.4 is 26.2 Å². The van der Waals surface area contributed by atoms with Crippen LogP contribution in [0, 0.1) is 0 Å². The van der Waals surface area contributed by atoms with Gasteiger partial charge in [0.1, 0.15) is 5.82 Å². The summed E-state index contributed by atoms with van der Waals surface area (Å²) in [5.41, 5.74) is 7.70. The molecule has 3 rings (SSSR count). The van der Waals surface area contributed by atoms with Crippen molar-refractivity contribution in [1.82, 2.24) is 15.3 Å². The van der Waals surface area contributed by atoms with E-state index >= 15 is 0 Å². The average Bonchev–Trinajstić information content (AvgIpc) is 2.77. The molecule has 4 N–H and O–H groups in total. The smallest absolute Gasteiger partial charge is 0.271 e. The molecular weight excluding hydrogens is 378 g/mol. The van der Waals surface area contributed by atoms with Gasteiger partial charge in [0.2, 0.25) is 0 Å². The quantitative estimate of drug-likeness (QED) is 0.553. The number of benzene rings is 1. The molecule has 1 aliphatic rings. The number of hydrogen-bond donors (Lipinski definition) is 3. The molecule has 2 aromatic rings. The normalized spacial score (nSPS) is 13.9. The van der Waals surface area contributed by atoms with Crippen LogP contribution in [0.25, 0.3) is 0 Å². The van der Waals surface area contributed by atoms with E-state index < -0.39 is 5.91 Å². The van der Waals surface area contributed by atoms with Crippen LogP contribution in [0.2, 0.25) is 0 Å². The van der Waals surface area contributed by atoms with Crippen LogP contribution in [0.5, 0.6) is 0 Å². The molecule has 1 aliphatic heterocycles. The molecule has 30 heavy (non-hydrogen) atoms. The van der Waals surface area contributed by atoms with Gasteiger partial charge in [-0.05, 0) is 57.0 Å². The number of likely N-dealkylation sites (N-methyl/N-ethyl adjacent to an activating group) is 1. The Morgan fingerprint density at radius 3 is 2.53 bits per heavy atom. The summed E-state index contributed by atoms with van der Waals surface area (Å²) in [7, 11) is 1.96. The molecule has 0 saturated carbocycles. The highest BCUT2D eigenvalue weighted by Crippen LogP contribution is 2.25. The van der Waals surface area contributed by atoms with Gasteiger partial charge in [0.15, 0.2) is 11.5 Å². The Labute approximate surface area is 178 Å². The van der Waals surface area contributed by atoms with Crippen molar-refractivity contribution in [2.45, 2.75) is 32.6 Å². The first-order valence-electron chi connectivity index (χ1n) is 10.8. The minimum atomic E-state index is -0.590. The maximum Gasteiger partial charge on any atom is 0.271 e. The number of rotatable bonds is 10. The van der Waals surface area contributed by atoms with Gasteiger partial charge in [-0.1, -0.05) is 6.92 Å². The van der Waals surface area contributed by atoms with Crippen LogP contribution in [0.15, 0.2) is 30.5 Å². The number of hydrogen-bond acceptors (Lipinski definition) is 7. The maximum absolute atomic E-state index is 11.9. The summed E-state index contributed by atoms with van der Waals surface area (Å²) in [6, 6.07) is 8.16. The second-order valence-corrected chi connectivity index (χ2v) is 7.60. The van der Waals surface area contributed by atoms with E-state index in [9.17, 15) is 4.79 Å². The van der Waals surface area contributed by atoms with E-state index in [1.807, 2.05) is 19.2 Å². The van der Waals surface area contributed by atoms with Crippen molar-refractivity contribution in [3.63, 3.8) is 0 Å². The lowest BCUT2D eigenvalue weighted by Gasteiger charge is -2.28. The molecule has 0 spiro atoms. The van der Waals surface area contributed by atoms with Gasteiger partial charge in [0.25, 0.3) is 5.91 Å². The van der Waals surface area contributed by atoms with E-state index in [1.165, 1.54) is 12.1 Å². The molecule has 0 bridgehead atoms. The lowest BCUT2D eigenvalue weighted by molar-refractivity contribution is 0.0996. The number of nitrogens with zero attached hydrogens (tertiary/aromatic N) is 4. The van der Waals surface area contributed by atoms with Crippen LogP contribution >= 0.6 is 0 Å². The molecule has 2 heterocycles. The number of nitrogens with one attached hydrogen (secondary N) is 2. The highest BCUT2D eigenvalue weighted by atomic mass is 16.1. The van der Waals surface area contributed by atoms with E-state index in [2.05, 4.69) is 49.5 Å². The SMILES string of the molecule is CCCN(CCNC)c1ccc(Nc2nc(N3CCCCC3)cnc2C(N)=O)cc1. The minimum absolute atomic E-state index is 0.154. The lowest BCUT2D eigenvalue weighted by Crippen LogP contribution is -2.31. The predicted octanol–water partition coefficient (Wildman–Crippen LogP) is 2.75. The fraction of sp³-hybridized carbons (Fsp3) is 0.500. The predicted molar refractivity (Wildman–Crippen MR) is 123 cm³/mol. The first-order chi connectivity index (χ1) is 14.6. The lowest BCUT2D eigenvalue weighted by atomic mass is 10.1. The highest BCUT2D eigenvalue weighted by Gasteiger charge is 2.18. The number of anilines is 4. The molecule has 1 aromatic heterocycles. The molecule has 0 radical (unpaired) electrons. The Balaban J connectivity index is 1.79. The van der Waals surface area contributed by atoms with E-state index in [0.717, 1.165) is 63.5 Å². The first kappa shape index (κ1) is 21.8. The third-order valence-corrected chi connectivity index (χ3v) is 5.29. The second kappa shape index (κ2) is 10.8. The van der Waals surface area contributed by atoms with Crippen molar-refractivity contribution >= 4 is 28.9 Å². The molecule has 8 heteroatoms. The van der Waals surface area contributed by atoms with E-state index in [0.29, 0.717) is 5.82 Å². The van der Waals surface area contributed by atoms with Gasteiger partial charge in [-0.25, -0.2) is 9.97 Å². The van der Waals surface area contributed by atoms with Crippen molar-refractivity contribution in [3.8, 4) is 0 Å². The van der Waals surface area contributed by atoms with Gasteiger partial charge in [-0.15, -0.1) is 0 Å². The van der Waals surface area contributed by atoms with Crippen molar-refractivity contribution in [2.24, 2.45) is 5.73 Å². The van der Waals surface area contributed by atoms with Crippen LogP contribution in [0.4, 0.5) is 23.0 Å². The van der Waals surface area contributed by atoms with Crippen LogP contribution in [-0.4, -0.2) is 55.6 Å². The van der Waals surface area contributed by atoms with Crippen LogP contribution in [0.1, 0.15) is 43.1 Å². The van der Waals surface area contributed by atoms with Gasteiger partial charge < -0.3 is 26.2 Å². The summed E-state index contributed by atoms with van der Waals surface area (Å²) in [6.07, 6.45) is 6.26. The topological polar surface area (TPSA) is 99.4 Å². The number of amides is 1. The molecule has 1 amide bonds. The Morgan fingerprint density at radius 1 is 1.17 bits per heavy atom. The number of piperidine rings is 1. The zero-order valence-electron chi connectivity index (χ0n) is 18.0. The van der Waals surface area contributed by atoms with Gasteiger partial charge in [0, 0.05) is 44.1 Å². The molecule has 0 atom stereocenters. The standard InChI is InChI=1S/C22H33N7O/c1-3-12-28(15-11-24-2)18-9-7-17(8-10-18)26-22-20(21(23)30)25-16-19(27-22)29-13-5-4-6-14-29/h7-10,16,24H,3-6,11-15H2,1-2H3,(H2,23,30)(H,26,27). The Kier molecular flexibility index (Phi) is 7.84. The summed E-state index contributed by atoms with van der Waals surface area (Å²) in [5, 5.41) is 6.45.